The number of hydrogen-bond acceptors (Lipinski definition) is 4. The Morgan fingerprint density at radius 1 is 0.436 bits per heavy atom. The van der Waals surface area contributed by atoms with Gasteiger partial charge in [0.2, 0.25) is 5.91 Å². The highest BCUT2D eigenvalue weighted by Gasteiger charge is 2.26. The molecule has 0 aliphatic carbocycles. The molecule has 5 nitrogen and oxygen atoms in total. The van der Waals surface area contributed by atoms with E-state index in [-0.39, 0.29) is 12.5 Å². The van der Waals surface area contributed by atoms with Crippen LogP contribution in [0.1, 0.15) is 277 Å². The summed E-state index contributed by atoms with van der Waals surface area (Å²) in [6, 6.07) is -0.811. The van der Waals surface area contributed by atoms with Gasteiger partial charge in [-0.15, -0.1) is 0 Å². The minimum absolute atomic E-state index is 0.149. The van der Waals surface area contributed by atoms with E-state index in [0.717, 1.165) is 44.9 Å². The van der Waals surface area contributed by atoms with Crippen molar-refractivity contribution in [3.8, 4) is 0 Å². The molecule has 1 amide bonds. The number of unbranched alkanes of at least 4 members (excludes halogenated alkanes) is 36. The zero-order valence-corrected chi connectivity index (χ0v) is 37.3. The number of hydrogen-bond donors (Lipinski definition) is 4. The van der Waals surface area contributed by atoms with Gasteiger partial charge in [0.25, 0.3) is 0 Å². The highest BCUT2D eigenvalue weighted by atomic mass is 16.3. The molecule has 0 rings (SSSR count). The minimum atomic E-state index is -1.14. The van der Waals surface area contributed by atoms with E-state index < -0.39 is 18.2 Å². The van der Waals surface area contributed by atoms with Gasteiger partial charge in [0.15, 0.2) is 0 Å². The normalized spacial score (nSPS) is 13.5. The number of aliphatic hydroxyl groups is 3. The van der Waals surface area contributed by atoms with Gasteiger partial charge in [0, 0.05) is 6.42 Å². The van der Waals surface area contributed by atoms with Gasteiger partial charge in [-0.05, 0) is 38.5 Å². The number of allylic oxidation sites excluding steroid dienone is 2. The molecule has 0 aromatic heterocycles. The van der Waals surface area contributed by atoms with Crippen LogP contribution < -0.4 is 5.32 Å². The lowest BCUT2D eigenvalue weighted by atomic mass is 9.99. The van der Waals surface area contributed by atoms with E-state index in [4.69, 9.17) is 0 Å². The van der Waals surface area contributed by atoms with Crippen molar-refractivity contribution in [2.75, 3.05) is 6.61 Å². The van der Waals surface area contributed by atoms with Crippen molar-refractivity contribution >= 4 is 5.91 Å². The summed E-state index contributed by atoms with van der Waals surface area (Å²) in [5.74, 6) is -0.149. The lowest BCUT2D eigenvalue weighted by Crippen LogP contribution is -2.50. The van der Waals surface area contributed by atoms with Crippen molar-refractivity contribution < 1.29 is 20.1 Å². The molecule has 0 saturated heterocycles. The maximum Gasteiger partial charge on any atom is 0.220 e. The minimum Gasteiger partial charge on any atom is -0.394 e. The third-order valence-electron chi connectivity index (χ3n) is 11.9. The summed E-state index contributed by atoms with van der Waals surface area (Å²) in [5, 5.41) is 33.7. The second-order valence-electron chi connectivity index (χ2n) is 17.4. The molecule has 0 radical (unpaired) electrons. The standard InChI is InChI=1S/C50H99NO4/c1-3-5-7-9-11-13-15-17-19-21-23-24-25-26-27-28-30-32-34-36-38-40-42-44-48(53)50(55)47(46-52)51-49(54)45-43-41-39-37-35-33-31-29-22-20-18-16-14-12-10-8-6-4-2/h29,31,47-48,50,52-53,55H,3-28,30,32-46H2,1-2H3,(H,51,54)/b31-29-. The largest absolute Gasteiger partial charge is 0.394 e. The van der Waals surface area contributed by atoms with E-state index in [0.29, 0.717) is 12.8 Å². The van der Waals surface area contributed by atoms with E-state index in [9.17, 15) is 20.1 Å². The second-order valence-corrected chi connectivity index (χ2v) is 17.4. The molecule has 0 fully saturated rings. The van der Waals surface area contributed by atoms with Crippen molar-refractivity contribution in [1.82, 2.24) is 5.32 Å². The van der Waals surface area contributed by atoms with Crippen molar-refractivity contribution in [2.45, 2.75) is 295 Å². The SMILES string of the molecule is CCCCCCCCCCC/C=C\CCCCCCCC(=O)NC(CO)C(O)C(O)CCCCCCCCCCCCCCCCCCCCCCCCC. The maximum absolute atomic E-state index is 12.5. The molecule has 0 aromatic rings. The predicted octanol–water partition coefficient (Wildman–Crippen LogP) is 14.8. The number of carbonyl (C=O) groups is 1. The molecule has 0 aromatic carbocycles. The van der Waals surface area contributed by atoms with Crippen molar-refractivity contribution in [3.05, 3.63) is 12.2 Å². The average molecular weight is 778 g/mol. The van der Waals surface area contributed by atoms with Crippen LogP contribution in [0.4, 0.5) is 0 Å². The lowest BCUT2D eigenvalue weighted by molar-refractivity contribution is -0.124. The Hall–Kier alpha value is -0.910. The molecule has 0 aliphatic heterocycles. The highest BCUT2D eigenvalue weighted by molar-refractivity contribution is 5.76. The third-order valence-corrected chi connectivity index (χ3v) is 11.9. The fourth-order valence-electron chi connectivity index (χ4n) is 7.98. The van der Waals surface area contributed by atoms with Crippen LogP contribution in [0.5, 0.6) is 0 Å². The quantitative estimate of drug-likeness (QED) is 0.0366. The summed E-state index contributed by atoms with van der Waals surface area (Å²) in [6.45, 7) is 4.20. The summed E-state index contributed by atoms with van der Waals surface area (Å²) in [4.78, 5) is 12.5. The Kier molecular flexibility index (Phi) is 45.0. The third kappa shape index (κ3) is 41.1. The number of aliphatic hydroxyl groups excluding tert-OH is 3. The van der Waals surface area contributed by atoms with Crippen molar-refractivity contribution in [2.24, 2.45) is 0 Å². The molecule has 4 N–H and O–H groups in total. The molecule has 0 saturated carbocycles. The van der Waals surface area contributed by atoms with Crippen LogP contribution in [0.2, 0.25) is 0 Å². The van der Waals surface area contributed by atoms with Crippen LogP contribution in [-0.2, 0) is 4.79 Å². The van der Waals surface area contributed by atoms with Gasteiger partial charge in [-0.3, -0.25) is 4.79 Å². The van der Waals surface area contributed by atoms with Gasteiger partial charge in [-0.2, -0.15) is 0 Å². The second kappa shape index (κ2) is 45.8. The Morgan fingerprint density at radius 2 is 0.727 bits per heavy atom. The first-order valence-electron chi connectivity index (χ1n) is 25.0. The van der Waals surface area contributed by atoms with Crippen LogP contribution in [-0.4, -0.2) is 46.1 Å². The average Bonchev–Trinajstić information content (AvgIpc) is 3.19. The fourth-order valence-corrected chi connectivity index (χ4v) is 7.98. The Balaban J connectivity index is 3.56. The van der Waals surface area contributed by atoms with E-state index in [2.05, 4.69) is 31.3 Å². The van der Waals surface area contributed by atoms with Gasteiger partial charge < -0.3 is 20.6 Å². The topological polar surface area (TPSA) is 89.8 Å². The van der Waals surface area contributed by atoms with E-state index in [1.807, 2.05) is 0 Å². The van der Waals surface area contributed by atoms with Gasteiger partial charge in [-0.25, -0.2) is 0 Å². The van der Waals surface area contributed by atoms with Crippen molar-refractivity contribution in [3.63, 3.8) is 0 Å². The lowest BCUT2D eigenvalue weighted by Gasteiger charge is -2.26. The number of nitrogens with one attached hydrogen (secondary N) is 1. The van der Waals surface area contributed by atoms with Crippen LogP contribution in [0.25, 0.3) is 0 Å². The maximum atomic E-state index is 12.5. The van der Waals surface area contributed by atoms with Crippen LogP contribution in [0, 0.1) is 0 Å². The summed E-state index contributed by atoms with van der Waals surface area (Å²) < 4.78 is 0. The van der Waals surface area contributed by atoms with Gasteiger partial charge in [-0.1, -0.05) is 244 Å². The predicted molar refractivity (Wildman–Crippen MR) is 241 cm³/mol. The number of rotatable bonds is 46. The van der Waals surface area contributed by atoms with E-state index >= 15 is 0 Å². The first-order valence-corrected chi connectivity index (χ1v) is 25.0. The first-order chi connectivity index (χ1) is 27.1. The smallest absolute Gasteiger partial charge is 0.220 e. The molecule has 0 heterocycles. The van der Waals surface area contributed by atoms with Gasteiger partial charge in [0.1, 0.15) is 6.10 Å². The Bertz CT molecular complexity index is 773. The molecular formula is C50H99NO4. The zero-order chi connectivity index (χ0) is 40.1. The first kappa shape index (κ1) is 54.1. The van der Waals surface area contributed by atoms with E-state index in [1.165, 1.54) is 205 Å². The molecule has 328 valence electrons. The van der Waals surface area contributed by atoms with Crippen LogP contribution in [0.3, 0.4) is 0 Å². The summed E-state index contributed by atoms with van der Waals surface area (Å²) in [5.41, 5.74) is 0. The summed E-state index contributed by atoms with van der Waals surface area (Å²) in [7, 11) is 0. The number of amides is 1. The van der Waals surface area contributed by atoms with Gasteiger partial charge >= 0.3 is 0 Å². The molecular weight excluding hydrogens is 679 g/mol. The van der Waals surface area contributed by atoms with Crippen molar-refractivity contribution in [1.29, 1.82) is 0 Å². The molecule has 0 bridgehead atoms. The Morgan fingerprint density at radius 3 is 1.05 bits per heavy atom. The molecule has 5 heteroatoms. The summed E-state index contributed by atoms with van der Waals surface area (Å²) in [6.07, 6.45) is 54.8. The molecule has 0 spiro atoms. The summed E-state index contributed by atoms with van der Waals surface area (Å²) >= 11 is 0. The molecule has 55 heavy (non-hydrogen) atoms. The Labute approximate surface area is 344 Å². The molecule has 0 aliphatic rings. The monoisotopic (exact) mass is 778 g/mol. The molecule has 3 atom stereocenters. The van der Waals surface area contributed by atoms with Gasteiger partial charge in [0.05, 0.1) is 18.8 Å². The fraction of sp³-hybridized carbons (Fsp3) is 0.940. The highest BCUT2D eigenvalue weighted by Crippen LogP contribution is 2.17. The van der Waals surface area contributed by atoms with E-state index in [1.54, 1.807) is 0 Å². The molecule has 3 unspecified atom stereocenters. The zero-order valence-electron chi connectivity index (χ0n) is 37.3. The van der Waals surface area contributed by atoms with Crippen LogP contribution in [0.15, 0.2) is 12.2 Å². The van der Waals surface area contributed by atoms with Crippen LogP contribution >= 0.6 is 0 Å². The number of carbonyl (C=O) groups excluding carboxylic acids is 1.